The number of Topliss-reactive ketones (excluding diaryl/α,β-unsaturated/α-hetero) is 1. The third-order valence-corrected chi connectivity index (χ3v) is 4.01. The molecule has 4 heteroatoms. The minimum absolute atomic E-state index is 0.0156. The van der Waals surface area contributed by atoms with Gasteiger partial charge in [0.15, 0.2) is 5.78 Å². The van der Waals surface area contributed by atoms with Crippen molar-refractivity contribution in [2.75, 3.05) is 5.33 Å². The maximum atomic E-state index is 12.2. The lowest BCUT2D eigenvalue weighted by atomic mass is 10.0. The second kappa shape index (κ2) is 5.96. The number of nitrogens with zero attached hydrogens (tertiary/aromatic N) is 1. The molecule has 0 saturated heterocycles. The first-order valence-electron chi connectivity index (χ1n) is 6.44. The first-order chi connectivity index (χ1) is 10.2. The number of hydrogen-bond donors (Lipinski definition) is 0. The lowest BCUT2D eigenvalue weighted by Crippen LogP contribution is -2.03. The van der Waals surface area contributed by atoms with Crippen molar-refractivity contribution in [1.29, 1.82) is 0 Å². The van der Waals surface area contributed by atoms with Crippen LogP contribution in [0.4, 0.5) is 0 Å². The zero-order valence-electron chi connectivity index (χ0n) is 11.0. The Morgan fingerprint density at radius 3 is 2.57 bits per heavy atom. The molecule has 0 spiro atoms. The van der Waals surface area contributed by atoms with Gasteiger partial charge in [0, 0.05) is 21.5 Å². The molecular formula is C17H11BrClNO. The number of alkyl halides is 1. The standard InChI is InChI=1S/C17H11BrClNO/c18-10-17(21)14-9-16(11-4-2-1-3-5-11)20-15-7-6-12(19)8-13(14)15/h1-9H,10H2. The van der Waals surface area contributed by atoms with Crippen molar-refractivity contribution >= 4 is 44.2 Å². The second-order valence-electron chi connectivity index (χ2n) is 4.64. The van der Waals surface area contributed by atoms with Crippen LogP contribution in [0.2, 0.25) is 5.02 Å². The van der Waals surface area contributed by atoms with Crippen LogP contribution in [0.1, 0.15) is 10.4 Å². The number of aromatic nitrogens is 1. The van der Waals surface area contributed by atoms with Crippen LogP contribution >= 0.6 is 27.5 Å². The number of rotatable bonds is 3. The van der Waals surface area contributed by atoms with Crippen molar-refractivity contribution in [1.82, 2.24) is 4.98 Å². The average molecular weight is 361 g/mol. The largest absolute Gasteiger partial charge is 0.293 e. The van der Waals surface area contributed by atoms with Crippen molar-refractivity contribution in [3.8, 4) is 11.3 Å². The van der Waals surface area contributed by atoms with E-state index in [2.05, 4.69) is 20.9 Å². The predicted molar refractivity (Wildman–Crippen MR) is 90.3 cm³/mol. The van der Waals surface area contributed by atoms with Crippen molar-refractivity contribution in [3.63, 3.8) is 0 Å². The summed E-state index contributed by atoms with van der Waals surface area (Å²) in [4.78, 5) is 16.8. The van der Waals surface area contributed by atoms with Gasteiger partial charge in [-0.1, -0.05) is 57.9 Å². The molecule has 1 aromatic heterocycles. The smallest absolute Gasteiger partial charge is 0.174 e. The van der Waals surface area contributed by atoms with Gasteiger partial charge in [0.25, 0.3) is 0 Å². The molecule has 0 bridgehead atoms. The molecule has 0 aliphatic heterocycles. The molecule has 0 radical (unpaired) electrons. The van der Waals surface area contributed by atoms with Gasteiger partial charge in [0.1, 0.15) is 0 Å². The van der Waals surface area contributed by atoms with Crippen LogP contribution in [-0.2, 0) is 0 Å². The molecule has 2 aromatic carbocycles. The topological polar surface area (TPSA) is 30.0 Å². The predicted octanol–water partition coefficient (Wildman–Crippen LogP) is 5.13. The molecule has 0 aliphatic rings. The van der Waals surface area contributed by atoms with E-state index in [1.807, 2.05) is 42.5 Å². The van der Waals surface area contributed by atoms with Crippen LogP contribution in [0.5, 0.6) is 0 Å². The van der Waals surface area contributed by atoms with E-state index >= 15 is 0 Å². The van der Waals surface area contributed by atoms with Crippen LogP contribution in [-0.4, -0.2) is 16.1 Å². The van der Waals surface area contributed by atoms with Gasteiger partial charge in [-0.2, -0.15) is 0 Å². The summed E-state index contributed by atoms with van der Waals surface area (Å²) >= 11 is 9.28. The Balaban J connectivity index is 2.30. The maximum Gasteiger partial charge on any atom is 0.174 e. The monoisotopic (exact) mass is 359 g/mol. The summed E-state index contributed by atoms with van der Waals surface area (Å²) in [7, 11) is 0. The molecule has 0 fully saturated rings. The van der Waals surface area contributed by atoms with E-state index < -0.39 is 0 Å². The number of fused-ring (bicyclic) bond motifs is 1. The summed E-state index contributed by atoms with van der Waals surface area (Å²) in [6.45, 7) is 0. The number of benzene rings is 2. The minimum Gasteiger partial charge on any atom is -0.293 e. The molecule has 0 N–H and O–H groups in total. The highest BCUT2D eigenvalue weighted by molar-refractivity contribution is 9.09. The number of carbonyl (C=O) groups is 1. The van der Waals surface area contributed by atoms with Crippen molar-refractivity contribution < 1.29 is 4.79 Å². The number of halogens is 2. The number of hydrogen-bond acceptors (Lipinski definition) is 2. The molecule has 104 valence electrons. The maximum absolute atomic E-state index is 12.2. The first kappa shape index (κ1) is 14.2. The average Bonchev–Trinajstić information content (AvgIpc) is 2.54. The Morgan fingerprint density at radius 1 is 1.10 bits per heavy atom. The van der Waals surface area contributed by atoms with Gasteiger partial charge in [-0.25, -0.2) is 4.98 Å². The van der Waals surface area contributed by atoms with Gasteiger partial charge in [0.2, 0.25) is 0 Å². The van der Waals surface area contributed by atoms with Crippen molar-refractivity contribution in [2.45, 2.75) is 0 Å². The third-order valence-electron chi connectivity index (χ3n) is 3.26. The number of carbonyl (C=O) groups excluding carboxylic acids is 1. The van der Waals surface area contributed by atoms with Gasteiger partial charge in [-0.05, 0) is 24.3 Å². The molecule has 21 heavy (non-hydrogen) atoms. The summed E-state index contributed by atoms with van der Waals surface area (Å²) in [5.74, 6) is 0.0156. The lowest BCUT2D eigenvalue weighted by molar-refractivity contribution is 0.102. The molecule has 3 aromatic rings. The fraction of sp³-hybridized carbons (Fsp3) is 0.0588. The van der Waals surface area contributed by atoms with Gasteiger partial charge >= 0.3 is 0 Å². The van der Waals surface area contributed by atoms with Crippen LogP contribution in [0, 0.1) is 0 Å². The van der Waals surface area contributed by atoms with Gasteiger partial charge in [-0.15, -0.1) is 0 Å². The summed E-state index contributed by atoms with van der Waals surface area (Å²) in [6.07, 6.45) is 0. The van der Waals surface area contributed by atoms with Crippen LogP contribution < -0.4 is 0 Å². The zero-order chi connectivity index (χ0) is 14.8. The Hall–Kier alpha value is -1.71. The zero-order valence-corrected chi connectivity index (χ0v) is 13.4. The van der Waals surface area contributed by atoms with Crippen molar-refractivity contribution in [2.24, 2.45) is 0 Å². The number of pyridine rings is 1. The van der Waals surface area contributed by atoms with E-state index in [9.17, 15) is 4.79 Å². The molecule has 0 aliphatic carbocycles. The highest BCUT2D eigenvalue weighted by Crippen LogP contribution is 2.27. The lowest BCUT2D eigenvalue weighted by Gasteiger charge is -2.09. The summed E-state index contributed by atoms with van der Waals surface area (Å²) in [6, 6.07) is 17.1. The van der Waals surface area contributed by atoms with E-state index in [-0.39, 0.29) is 11.1 Å². The highest BCUT2D eigenvalue weighted by atomic mass is 79.9. The summed E-state index contributed by atoms with van der Waals surface area (Å²) < 4.78 is 0. The van der Waals surface area contributed by atoms with E-state index in [1.54, 1.807) is 12.1 Å². The third kappa shape index (κ3) is 2.85. The van der Waals surface area contributed by atoms with E-state index in [4.69, 9.17) is 11.6 Å². The van der Waals surface area contributed by atoms with Crippen molar-refractivity contribution in [3.05, 3.63) is 65.2 Å². The SMILES string of the molecule is O=C(CBr)c1cc(-c2ccccc2)nc2ccc(Cl)cc12. The minimum atomic E-state index is 0.0156. The molecular weight excluding hydrogens is 350 g/mol. The molecule has 0 amide bonds. The summed E-state index contributed by atoms with van der Waals surface area (Å²) in [5.41, 5.74) is 3.18. The Bertz CT molecular complexity index is 818. The normalized spacial score (nSPS) is 10.8. The van der Waals surface area contributed by atoms with Gasteiger partial charge in [0.05, 0.1) is 16.5 Å². The highest BCUT2D eigenvalue weighted by Gasteiger charge is 2.13. The quantitative estimate of drug-likeness (QED) is 0.478. The molecule has 1 heterocycles. The second-order valence-corrected chi connectivity index (χ2v) is 5.64. The van der Waals surface area contributed by atoms with Gasteiger partial charge in [-0.3, -0.25) is 4.79 Å². The first-order valence-corrected chi connectivity index (χ1v) is 7.94. The van der Waals surface area contributed by atoms with Crippen LogP contribution in [0.25, 0.3) is 22.2 Å². The van der Waals surface area contributed by atoms with E-state index in [0.717, 1.165) is 22.2 Å². The molecule has 2 nitrogen and oxygen atoms in total. The van der Waals surface area contributed by atoms with Crippen LogP contribution in [0.3, 0.4) is 0 Å². The Labute approximate surface area is 135 Å². The Morgan fingerprint density at radius 2 is 1.86 bits per heavy atom. The molecule has 3 rings (SSSR count). The van der Waals surface area contributed by atoms with Crippen LogP contribution in [0.15, 0.2) is 54.6 Å². The Kier molecular flexibility index (Phi) is 4.04. The molecule has 0 saturated carbocycles. The fourth-order valence-corrected chi connectivity index (χ4v) is 2.73. The molecule has 0 atom stereocenters. The van der Waals surface area contributed by atoms with E-state index in [1.165, 1.54) is 0 Å². The van der Waals surface area contributed by atoms with E-state index in [0.29, 0.717) is 10.6 Å². The molecule has 0 unspecified atom stereocenters. The number of ketones is 1. The summed E-state index contributed by atoms with van der Waals surface area (Å²) in [5, 5.41) is 1.65. The fourth-order valence-electron chi connectivity index (χ4n) is 2.26. The van der Waals surface area contributed by atoms with Gasteiger partial charge < -0.3 is 0 Å².